The first-order valence-electron chi connectivity index (χ1n) is 8.19. The molecular formula is C17H28N2O4S. The first-order chi connectivity index (χ1) is 11.3. The summed E-state index contributed by atoms with van der Waals surface area (Å²) in [4.78, 5) is 11.9. The van der Waals surface area contributed by atoms with E-state index in [-0.39, 0.29) is 24.9 Å². The Morgan fingerprint density at radius 1 is 1.33 bits per heavy atom. The number of sulfonamides is 1. The van der Waals surface area contributed by atoms with Crippen molar-refractivity contribution in [2.75, 3.05) is 24.2 Å². The van der Waals surface area contributed by atoms with Gasteiger partial charge < -0.3 is 10.1 Å². The van der Waals surface area contributed by atoms with Crippen molar-refractivity contribution in [3.8, 4) is 5.75 Å². The van der Waals surface area contributed by atoms with E-state index in [1.807, 2.05) is 6.92 Å². The number of benzene rings is 1. The van der Waals surface area contributed by atoms with Crippen LogP contribution in [0.2, 0.25) is 0 Å². The summed E-state index contributed by atoms with van der Waals surface area (Å²) in [6.45, 7) is 4.27. The molecule has 0 spiro atoms. The van der Waals surface area contributed by atoms with Crippen molar-refractivity contribution in [1.29, 1.82) is 0 Å². The molecule has 0 aliphatic rings. The minimum atomic E-state index is -3.46. The first kappa shape index (κ1) is 20.3. The fourth-order valence-corrected chi connectivity index (χ4v) is 3.51. The van der Waals surface area contributed by atoms with Crippen LogP contribution < -0.4 is 14.4 Å². The lowest BCUT2D eigenvalue weighted by Crippen LogP contribution is -2.34. The number of rotatable bonds is 10. The number of hydrogen-bond donors (Lipinski definition) is 1. The topological polar surface area (TPSA) is 75.7 Å². The third-order valence-electron chi connectivity index (χ3n) is 3.65. The highest BCUT2D eigenvalue weighted by Crippen LogP contribution is 2.29. The lowest BCUT2D eigenvalue weighted by molar-refractivity contribution is -0.121. The number of para-hydroxylation sites is 2. The molecule has 1 rings (SSSR count). The van der Waals surface area contributed by atoms with Gasteiger partial charge in [0.05, 0.1) is 19.1 Å². The maximum absolute atomic E-state index is 12.1. The molecule has 1 N–H and O–H groups in total. The van der Waals surface area contributed by atoms with Crippen LogP contribution in [0.25, 0.3) is 0 Å². The summed E-state index contributed by atoms with van der Waals surface area (Å²) in [5.74, 6) is 0.438. The molecule has 0 heterocycles. The van der Waals surface area contributed by atoms with Crippen LogP contribution in [0, 0.1) is 0 Å². The highest BCUT2D eigenvalue weighted by atomic mass is 32.2. The van der Waals surface area contributed by atoms with E-state index in [1.165, 1.54) is 11.4 Å². The van der Waals surface area contributed by atoms with E-state index in [1.54, 1.807) is 24.3 Å². The van der Waals surface area contributed by atoms with Gasteiger partial charge in [-0.05, 0) is 31.9 Å². The van der Waals surface area contributed by atoms with Gasteiger partial charge in [-0.3, -0.25) is 9.10 Å². The molecule has 0 fully saturated rings. The van der Waals surface area contributed by atoms with Crippen LogP contribution >= 0.6 is 0 Å². The van der Waals surface area contributed by atoms with E-state index >= 15 is 0 Å². The summed E-state index contributed by atoms with van der Waals surface area (Å²) in [7, 11) is -1.96. The quantitative estimate of drug-likeness (QED) is 0.699. The zero-order chi connectivity index (χ0) is 18.2. The van der Waals surface area contributed by atoms with E-state index < -0.39 is 10.0 Å². The molecule has 0 unspecified atom stereocenters. The van der Waals surface area contributed by atoms with E-state index in [0.717, 1.165) is 19.1 Å². The Bertz CT molecular complexity index is 631. The van der Waals surface area contributed by atoms with Crippen LogP contribution in [-0.2, 0) is 14.8 Å². The smallest absolute Gasteiger partial charge is 0.232 e. The van der Waals surface area contributed by atoms with Gasteiger partial charge in [-0.25, -0.2) is 8.42 Å². The Morgan fingerprint density at radius 3 is 2.58 bits per heavy atom. The number of carbonyl (C=O) groups excluding carboxylic acids is 1. The number of anilines is 1. The standard InChI is InChI=1S/C17H28N2O4S/c1-5-9-14(2)18-17(20)12-8-13-19(24(4,21)22)15-10-6-7-11-16(15)23-3/h6-7,10-11,14H,5,8-9,12-13H2,1-4H3,(H,18,20)/t14-/m0/s1. The molecule has 1 atom stereocenters. The van der Waals surface area contributed by atoms with Crippen LogP contribution in [0.15, 0.2) is 24.3 Å². The van der Waals surface area contributed by atoms with Gasteiger partial charge in [0, 0.05) is 19.0 Å². The molecular weight excluding hydrogens is 328 g/mol. The normalized spacial score (nSPS) is 12.5. The summed E-state index contributed by atoms with van der Waals surface area (Å²) in [5.41, 5.74) is 0.488. The molecule has 24 heavy (non-hydrogen) atoms. The summed E-state index contributed by atoms with van der Waals surface area (Å²) in [6.07, 6.45) is 3.83. The monoisotopic (exact) mass is 356 g/mol. The minimum absolute atomic E-state index is 0.0515. The molecule has 0 saturated heterocycles. The van der Waals surface area contributed by atoms with E-state index in [2.05, 4.69) is 12.2 Å². The summed E-state index contributed by atoms with van der Waals surface area (Å²) in [5, 5.41) is 2.92. The van der Waals surface area contributed by atoms with Gasteiger partial charge in [0.2, 0.25) is 15.9 Å². The van der Waals surface area contributed by atoms with Crippen LogP contribution in [-0.4, -0.2) is 40.3 Å². The van der Waals surface area contributed by atoms with Crippen LogP contribution in [0.4, 0.5) is 5.69 Å². The van der Waals surface area contributed by atoms with Gasteiger partial charge in [0.25, 0.3) is 0 Å². The Labute approximate surface area is 145 Å². The second-order valence-corrected chi connectivity index (χ2v) is 7.77. The molecule has 1 amide bonds. The average Bonchev–Trinajstić information content (AvgIpc) is 2.50. The van der Waals surface area contributed by atoms with Crippen molar-refractivity contribution in [1.82, 2.24) is 5.32 Å². The van der Waals surface area contributed by atoms with Gasteiger partial charge >= 0.3 is 0 Å². The van der Waals surface area contributed by atoms with Crippen molar-refractivity contribution in [2.45, 2.75) is 45.6 Å². The van der Waals surface area contributed by atoms with Gasteiger partial charge in [0.1, 0.15) is 5.75 Å². The van der Waals surface area contributed by atoms with Gasteiger partial charge in [-0.15, -0.1) is 0 Å². The molecule has 0 radical (unpaired) electrons. The molecule has 0 aromatic heterocycles. The van der Waals surface area contributed by atoms with Crippen LogP contribution in [0.3, 0.4) is 0 Å². The summed E-state index contributed by atoms with van der Waals surface area (Å²) >= 11 is 0. The Balaban J connectivity index is 2.71. The Morgan fingerprint density at radius 2 is 2.00 bits per heavy atom. The van der Waals surface area contributed by atoms with Crippen LogP contribution in [0.1, 0.15) is 39.5 Å². The molecule has 1 aromatic carbocycles. The largest absolute Gasteiger partial charge is 0.495 e. The Kier molecular flexibility index (Phi) is 8.04. The van der Waals surface area contributed by atoms with Crippen molar-refractivity contribution >= 4 is 21.6 Å². The molecule has 136 valence electrons. The highest BCUT2D eigenvalue weighted by molar-refractivity contribution is 7.92. The molecule has 0 bridgehead atoms. The third kappa shape index (κ3) is 6.39. The lowest BCUT2D eigenvalue weighted by atomic mass is 10.2. The van der Waals surface area contributed by atoms with Crippen molar-refractivity contribution in [3.05, 3.63) is 24.3 Å². The second kappa shape index (κ2) is 9.52. The zero-order valence-corrected chi connectivity index (χ0v) is 15.7. The van der Waals surface area contributed by atoms with Gasteiger partial charge in [-0.1, -0.05) is 25.5 Å². The SMILES string of the molecule is CCC[C@H](C)NC(=O)CCCN(c1ccccc1OC)S(C)(=O)=O. The van der Waals surface area contributed by atoms with E-state index in [4.69, 9.17) is 4.74 Å². The molecule has 0 saturated carbocycles. The fourth-order valence-electron chi connectivity index (χ4n) is 2.54. The second-order valence-electron chi connectivity index (χ2n) is 5.87. The predicted octanol–water partition coefficient (Wildman–Crippen LogP) is 2.55. The van der Waals surface area contributed by atoms with E-state index in [9.17, 15) is 13.2 Å². The van der Waals surface area contributed by atoms with Crippen molar-refractivity contribution < 1.29 is 17.9 Å². The summed E-state index contributed by atoms with van der Waals surface area (Å²) in [6, 6.07) is 7.10. The number of ether oxygens (including phenoxy) is 1. The molecule has 1 aromatic rings. The van der Waals surface area contributed by atoms with Crippen molar-refractivity contribution in [3.63, 3.8) is 0 Å². The first-order valence-corrected chi connectivity index (χ1v) is 10.0. The number of amides is 1. The average molecular weight is 356 g/mol. The zero-order valence-electron chi connectivity index (χ0n) is 14.9. The molecule has 7 heteroatoms. The van der Waals surface area contributed by atoms with Crippen LogP contribution in [0.5, 0.6) is 5.75 Å². The number of hydrogen-bond acceptors (Lipinski definition) is 4. The molecule has 6 nitrogen and oxygen atoms in total. The van der Waals surface area contributed by atoms with Gasteiger partial charge in [-0.2, -0.15) is 0 Å². The van der Waals surface area contributed by atoms with E-state index in [0.29, 0.717) is 17.9 Å². The number of methoxy groups -OCH3 is 1. The number of nitrogens with one attached hydrogen (secondary N) is 1. The Hall–Kier alpha value is -1.76. The lowest BCUT2D eigenvalue weighted by Gasteiger charge is -2.24. The van der Waals surface area contributed by atoms with Crippen molar-refractivity contribution in [2.24, 2.45) is 0 Å². The number of nitrogens with zero attached hydrogens (tertiary/aromatic N) is 1. The fraction of sp³-hybridized carbons (Fsp3) is 0.588. The highest BCUT2D eigenvalue weighted by Gasteiger charge is 2.20. The maximum Gasteiger partial charge on any atom is 0.232 e. The van der Waals surface area contributed by atoms with Gasteiger partial charge in [0.15, 0.2) is 0 Å². The molecule has 0 aliphatic heterocycles. The third-order valence-corrected chi connectivity index (χ3v) is 4.83. The predicted molar refractivity (Wildman–Crippen MR) is 96.9 cm³/mol. The summed E-state index contributed by atoms with van der Waals surface area (Å²) < 4.78 is 30.7. The molecule has 0 aliphatic carbocycles. The minimum Gasteiger partial charge on any atom is -0.495 e. The maximum atomic E-state index is 12.1. The number of carbonyl (C=O) groups is 1.